The van der Waals surface area contributed by atoms with E-state index in [0.717, 1.165) is 39.1 Å². The molecule has 0 saturated heterocycles. The van der Waals surface area contributed by atoms with Crippen LogP contribution in [0, 0.1) is 13.8 Å². The number of nitrogens with zero attached hydrogens (tertiary/aromatic N) is 6. The van der Waals surface area contributed by atoms with Crippen LogP contribution in [0.25, 0.3) is 0 Å². The minimum Gasteiger partial charge on any atom is -0.348 e. The number of benzene rings is 1. The van der Waals surface area contributed by atoms with Gasteiger partial charge in [-0.25, -0.2) is 13.4 Å². The van der Waals surface area contributed by atoms with Gasteiger partial charge in [-0.3, -0.25) is 10.1 Å². The molecule has 12 nitrogen and oxygen atoms in total. The van der Waals surface area contributed by atoms with Gasteiger partial charge in [-0.1, -0.05) is 24.2 Å². The molecule has 0 saturated carbocycles. The molecule has 1 aromatic carbocycles. The molecular weight excluding hydrogens is 458 g/mol. The highest BCUT2D eigenvalue weighted by molar-refractivity contribution is 7.89. The molecule has 0 fully saturated rings. The molecule has 1 atom stereocenters. The zero-order valence-corrected chi connectivity index (χ0v) is 20.2. The molecule has 180 valence electrons. The van der Waals surface area contributed by atoms with Gasteiger partial charge in [0.15, 0.2) is 5.82 Å². The Morgan fingerprint density at radius 2 is 1.97 bits per heavy atom. The van der Waals surface area contributed by atoms with Crippen LogP contribution < -0.4 is 15.5 Å². The van der Waals surface area contributed by atoms with E-state index in [9.17, 15) is 13.2 Å². The second-order valence-corrected chi connectivity index (χ2v) is 10.2. The Morgan fingerprint density at radius 3 is 2.62 bits per heavy atom. The summed E-state index contributed by atoms with van der Waals surface area (Å²) in [7, 11) is -2.52. The van der Waals surface area contributed by atoms with Crippen LogP contribution in [0.1, 0.15) is 30.2 Å². The summed E-state index contributed by atoms with van der Waals surface area (Å²) in [6.45, 7) is 6.37. The van der Waals surface area contributed by atoms with E-state index in [1.54, 1.807) is 24.3 Å². The minimum absolute atomic E-state index is 0.0240. The van der Waals surface area contributed by atoms with E-state index in [-0.39, 0.29) is 17.0 Å². The number of aromatic amines is 1. The van der Waals surface area contributed by atoms with Gasteiger partial charge in [0.2, 0.25) is 15.9 Å². The van der Waals surface area contributed by atoms with E-state index < -0.39 is 22.5 Å². The largest absolute Gasteiger partial charge is 0.348 e. The monoisotopic (exact) mass is 485 g/mol. The normalized spacial score (nSPS) is 15.3. The highest BCUT2D eigenvalue weighted by Crippen LogP contribution is 2.38. The number of rotatable bonds is 8. The molecule has 0 radical (unpaired) electrons. The van der Waals surface area contributed by atoms with Crippen LogP contribution in [0.4, 0.5) is 17.5 Å². The molecule has 1 aliphatic rings. The second-order valence-electron chi connectivity index (χ2n) is 8.16. The SMILES string of the molecule is CCC1Nc2nc(C)cc(C)c2N1Cc1ccc(S(=O)(=O)N(C)CC(=O)Nc2nn[nH]n2)cc1. The van der Waals surface area contributed by atoms with Crippen LogP contribution in [0.2, 0.25) is 0 Å². The maximum atomic E-state index is 12.9. The van der Waals surface area contributed by atoms with Crippen LogP contribution >= 0.6 is 0 Å². The number of pyridine rings is 1. The van der Waals surface area contributed by atoms with Gasteiger partial charge in [-0.15, -0.1) is 5.10 Å². The van der Waals surface area contributed by atoms with Crippen molar-refractivity contribution >= 4 is 33.4 Å². The van der Waals surface area contributed by atoms with Gasteiger partial charge in [-0.05, 0) is 54.8 Å². The number of tetrazole rings is 1. The number of aryl methyl sites for hydroxylation is 2. The number of carbonyl (C=O) groups excluding carboxylic acids is 1. The number of carbonyl (C=O) groups is 1. The fraction of sp³-hybridized carbons (Fsp3) is 0.381. The predicted molar refractivity (Wildman–Crippen MR) is 127 cm³/mol. The summed E-state index contributed by atoms with van der Waals surface area (Å²) in [4.78, 5) is 19.1. The molecular formula is C21H27N9O3S. The van der Waals surface area contributed by atoms with Crippen molar-refractivity contribution in [3.63, 3.8) is 0 Å². The van der Waals surface area contributed by atoms with E-state index in [2.05, 4.69) is 61.1 Å². The average Bonchev–Trinajstić information content (AvgIpc) is 3.41. The first-order chi connectivity index (χ1) is 16.2. The number of nitrogens with one attached hydrogen (secondary N) is 3. The van der Waals surface area contributed by atoms with Gasteiger partial charge in [0.05, 0.1) is 17.1 Å². The lowest BCUT2D eigenvalue weighted by molar-refractivity contribution is -0.116. The number of anilines is 3. The average molecular weight is 486 g/mol. The number of H-pyrrole nitrogens is 1. The number of fused-ring (bicyclic) bond motifs is 1. The molecule has 0 bridgehead atoms. The topological polar surface area (TPSA) is 149 Å². The maximum Gasteiger partial charge on any atom is 0.269 e. The van der Waals surface area contributed by atoms with Crippen LogP contribution in [0.3, 0.4) is 0 Å². The number of sulfonamides is 1. The Balaban J connectivity index is 1.47. The summed E-state index contributed by atoms with van der Waals surface area (Å²) in [5.74, 6) is 0.280. The highest BCUT2D eigenvalue weighted by atomic mass is 32.2. The highest BCUT2D eigenvalue weighted by Gasteiger charge is 2.30. The van der Waals surface area contributed by atoms with E-state index in [0.29, 0.717) is 6.54 Å². The summed E-state index contributed by atoms with van der Waals surface area (Å²) >= 11 is 0. The summed E-state index contributed by atoms with van der Waals surface area (Å²) < 4.78 is 26.8. The molecule has 3 N–H and O–H groups in total. The van der Waals surface area contributed by atoms with Crippen LogP contribution in [0.5, 0.6) is 0 Å². The Morgan fingerprint density at radius 1 is 1.24 bits per heavy atom. The first-order valence-corrected chi connectivity index (χ1v) is 12.2. The summed E-state index contributed by atoms with van der Waals surface area (Å²) in [5.41, 5.74) is 4.14. The Labute approximate surface area is 197 Å². The molecule has 13 heteroatoms. The molecule has 1 amide bonds. The molecule has 3 aromatic rings. The molecule has 0 aliphatic carbocycles. The van der Waals surface area contributed by atoms with E-state index in [1.165, 1.54) is 7.05 Å². The van der Waals surface area contributed by atoms with Crippen molar-refractivity contribution in [2.24, 2.45) is 0 Å². The third kappa shape index (κ3) is 4.70. The predicted octanol–water partition coefficient (Wildman–Crippen LogP) is 1.64. The van der Waals surface area contributed by atoms with Crippen LogP contribution in [-0.4, -0.2) is 64.0 Å². The van der Waals surface area contributed by atoms with Crippen molar-refractivity contribution in [2.45, 2.75) is 44.8 Å². The van der Waals surface area contributed by atoms with Crippen LogP contribution in [0.15, 0.2) is 35.2 Å². The van der Waals surface area contributed by atoms with Gasteiger partial charge >= 0.3 is 0 Å². The smallest absolute Gasteiger partial charge is 0.269 e. The zero-order valence-electron chi connectivity index (χ0n) is 19.4. The van der Waals surface area contributed by atoms with Crippen molar-refractivity contribution in [2.75, 3.05) is 29.1 Å². The second kappa shape index (κ2) is 9.35. The van der Waals surface area contributed by atoms with Crippen molar-refractivity contribution in [3.05, 3.63) is 47.2 Å². The Bertz CT molecular complexity index is 1280. The first kappa shape index (κ1) is 23.6. The molecule has 2 aromatic heterocycles. The fourth-order valence-corrected chi connectivity index (χ4v) is 5.13. The summed E-state index contributed by atoms with van der Waals surface area (Å²) in [5, 5.41) is 18.6. The van der Waals surface area contributed by atoms with Gasteiger partial charge < -0.3 is 10.2 Å². The van der Waals surface area contributed by atoms with Crippen molar-refractivity contribution < 1.29 is 13.2 Å². The van der Waals surface area contributed by atoms with Gasteiger partial charge in [0.1, 0.15) is 6.17 Å². The molecule has 1 unspecified atom stereocenters. The lowest BCUT2D eigenvalue weighted by Gasteiger charge is -2.27. The maximum absolute atomic E-state index is 12.9. The Hall–Kier alpha value is -3.58. The number of likely N-dealkylation sites (N-methyl/N-ethyl adjacent to an activating group) is 1. The van der Waals surface area contributed by atoms with Crippen LogP contribution in [-0.2, 0) is 21.4 Å². The van der Waals surface area contributed by atoms with E-state index >= 15 is 0 Å². The van der Waals surface area contributed by atoms with Gasteiger partial charge in [0, 0.05) is 19.3 Å². The molecule has 4 rings (SSSR count). The lowest BCUT2D eigenvalue weighted by atomic mass is 10.1. The number of amides is 1. The standard InChI is InChI=1S/C21H27N9O3S/c1-5-17-23-20-19(13(2)10-14(3)22-20)30(17)11-15-6-8-16(9-7-15)34(32,33)29(4)12-18(31)24-21-25-27-28-26-21/h6-10,17H,5,11-12H2,1-4H3,(H,22,23)(H2,24,25,26,27,28,31). The number of hydrogen-bond donors (Lipinski definition) is 3. The quantitative estimate of drug-likeness (QED) is 0.433. The van der Waals surface area contributed by atoms with E-state index in [4.69, 9.17) is 0 Å². The molecule has 1 aliphatic heterocycles. The minimum atomic E-state index is -3.86. The van der Waals surface area contributed by atoms with Crippen molar-refractivity contribution in [1.82, 2.24) is 29.9 Å². The zero-order chi connectivity index (χ0) is 24.5. The lowest BCUT2D eigenvalue weighted by Crippen LogP contribution is -2.35. The summed E-state index contributed by atoms with van der Waals surface area (Å²) in [6.07, 6.45) is 0.994. The third-order valence-corrected chi connectivity index (χ3v) is 7.43. The molecule has 0 spiro atoms. The van der Waals surface area contributed by atoms with Gasteiger partial charge in [0.25, 0.3) is 5.95 Å². The number of aromatic nitrogens is 5. The Kier molecular flexibility index (Phi) is 6.48. The molecule has 34 heavy (non-hydrogen) atoms. The van der Waals surface area contributed by atoms with Gasteiger partial charge in [-0.2, -0.15) is 9.52 Å². The number of hydrogen-bond acceptors (Lipinski definition) is 9. The van der Waals surface area contributed by atoms with Crippen molar-refractivity contribution in [1.29, 1.82) is 0 Å². The fourth-order valence-electron chi connectivity index (χ4n) is 4.01. The van der Waals surface area contributed by atoms with E-state index in [1.807, 2.05) is 6.92 Å². The molecule has 3 heterocycles. The van der Waals surface area contributed by atoms with Crippen molar-refractivity contribution in [3.8, 4) is 0 Å². The summed E-state index contributed by atoms with van der Waals surface area (Å²) in [6, 6.07) is 8.77. The first-order valence-electron chi connectivity index (χ1n) is 10.8. The third-order valence-electron chi connectivity index (χ3n) is 5.61.